The van der Waals surface area contributed by atoms with Gasteiger partial charge in [-0.15, -0.1) is 0 Å². The summed E-state index contributed by atoms with van der Waals surface area (Å²) in [5, 5.41) is 26.6. The Bertz CT molecular complexity index is 381. The molecule has 2 fully saturated rings. The van der Waals surface area contributed by atoms with E-state index in [0.717, 1.165) is 19.3 Å². The van der Waals surface area contributed by atoms with Gasteiger partial charge in [0, 0.05) is 12.8 Å². The average molecular weight is 213 g/mol. The van der Waals surface area contributed by atoms with Crippen molar-refractivity contribution >= 4 is 0 Å². The fraction of sp³-hybridized carbons (Fsp3) is 0.769. The van der Waals surface area contributed by atoms with Crippen molar-refractivity contribution in [2.24, 2.45) is 29.6 Å². The maximum absolute atomic E-state index is 9.18. The van der Waals surface area contributed by atoms with Gasteiger partial charge in [0.25, 0.3) is 0 Å². The molecule has 0 aliphatic heterocycles. The first kappa shape index (κ1) is 11.0. The largest absolute Gasteiger partial charge is 0.198 e. The minimum absolute atomic E-state index is 0.147. The van der Waals surface area contributed by atoms with Crippen LogP contribution in [0.4, 0.5) is 0 Å². The Hall–Kier alpha value is -1.53. The maximum atomic E-state index is 9.18. The van der Waals surface area contributed by atoms with Crippen molar-refractivity contribution in [1.82, 2.24) is 0 Å². The molecule has 0 aromatic rings. The zero-order chi connectivity index (χ0) is 11.5. The summed E-state index contributed by atoms with van der Waals surface area (Å²) in [6.07, 6.45) is 4.19. The fourth-order valence-corrected chi connectivity index (χ4v) is 3.81. The van der Waals surface area contributed by atoms with Crippen molar-refractivity contribution < 1.29 is 0 Å². The molecule has 5 atom stereocenters. The lowest BCUT2D eigenvalue weighted by molar-refractivity contribution is 0.190. The molecule has 5 unspecified atom stereocenters. The lowest BCUT2D eigenvalue weighted by Crippen LogP contribution is -2.27. The summed E-state index contributed by atoms with van der Waals surface area (Å²) in [5.74, 6) is 2.04. The molecule has 0 amide bonds. The third-order valence-corrected chi connectivity index (χ3v) is 4.40. The van der Waals surface area contributed by atoms with Gasteiger partial charge in [-0.3, -0.25) is 0 Å². The van der Waals surface area contributed by atoms with Gasteiger partial charge in [0.2, 0.25) is 0 Å². The molecular weight excluding hydrogens is 198 g/mol. The van der Waals surface area contributed by atoms with Gasteiger partial charge in [-0.05, 0) is 42.9 Å². The van der Waals surface area contributed by atoms with Crippen molar-refractivity contribution in [1.29, 1.82) is 15.8 Å². The Morgan fingerprint density at radius 2 is 1.88 bits per heavy atom. The standard InChI is InChI=1S/C13H15N3/c14-4-1-2-11-12-7-10(13(11)8-16)6-9(12)3-5-15/h9-13H,1-3,6-7H2. The second-order valence-corrected chi connectivity index (χ2v) is 5.03. The number of nitriles is 3. The Labute approximate surface area is 96.3 Å². The molecule has 16 heavy (non-hydrogen) atoms. The van der Waals surface area contributed by atoms with Gasteiger partial charge in [0.1, 0.15) is 0 Å². The van der Waals surface area contributed by atoms with Crippen LogP contribution < -0.4 is 0 Å². The summed E-state index contributed by atoms with van der Waals surface area (Å²) >= 11 is 0. The maximum Gasteiger partial charge on any atom is 0.0661 e. The van der Waals surface area contributed by atoms with E-state index in [9.17, 15) is 5.26 Å². The van der Waals surface area contributed by atoms with E-state index in [-0.39, 0.29) is 5.92 Å². The Kier molecular flexibility index (Phi) is 3.12. The highest BCUT2D eigenvalue weighted by Crippen LogP contribution is 2.57. The van der Waals surface area contributed by atoms with E-state index in [0.29, 0.717) is 36.5 Å². The van der Waals surface area contributed by atoms with E-state index in [1.807, 2.05) is 0 Å². The van der Waals surface area contributed by atoms with Crippen LogP contribution in [0.15, 0.2) is 0 Å². The number of fused-ring (bicyclic) bond motifs is 2. The summed E-state index contributed by atoms with van der Waals surface area (Å²) in [4.78, 5) is 0. The van der Waals surface area contributed by atoms with Crippen molar-refractivity contribution in [2.75, 3.05) is 0 Å². The van der Waals surface area contributed by atoms with Crippen molar-refractivity contribution in [3.05, 3.63) is 0 Å². The molecule has 0 radical (unpaired) electrons. The van der Waals surface area contributed by atoms with E-state index in [2.05, 4.69) is 18.2 Å². The second kappa shape index (κ2) is 4.54. The molecule has 0 spiro atoms. The van der Waals surface area contributed by atoms with E-state index in [4.69, 9.17) is 10.5 Å². The Morgan fingerprint density at radius 3 is 2.50 bits per heavy atom. The van der Waals surface area contributed by atoms with Crippen LogP contribution in [0.2, 0.25) is 0 Å². The van der Waals surface area contributed by atoms with Gasteiger partial charge < -0.3 is 0 Å². The normalized spacial score (nSPS) is 39.9. The summed E-state index contributed by atoms with van der Waals surface area (Å²) < 4.78 is 0. The molecule has 82 valence electrons. The highest BCUT2D eigenvalue weighted by Gasteiger charge is 2.51. The second-order valence-electron chi connectivity index (χ2n) is 5.03. The molecule has 2 aliphatic rings. The van der Waals surface area contributed by atoms with Crippen molar-refractivity contribution in [2.45, 2.75) is 32.1 Å². The first-order valence-corrected chi connectivity index (χ1v) is 5.95. The highest BCUT2D eigenvalue weighted by molar-refractivity contribution is 5.09. The van der Waals surface area contributed by atoms with E-state index in [1.54, 1.807) is 0 Å². The highest BCUT2D eigenvalue weighted by atomic mass is 14.6. The zero-order valence-corrected chi connectivity index (χ0v) is 9.26. The molecule has 0 aromatic heterocycles. The van der Waals surface area contributed by atoms with E-state index in [1.165, 1.54) is 0 Å². The fourth-order valence-electron chi connectivity index (χ4n) is 3.81. The number of rotatable bonds is 3. The minimum atomic E-state index is 0.147. The number of nitrogens with zero attached hydrogens (tertiary/aromatic N) is 3. The first-order valence-electron chi connectivity index (χ1n) is 5.95. The first-order chi connectivity index (χ1) is 7.81. The summed E-state index contributed by atoms with van der Waals surface area (Å²) in [6, 6.07) is 6.85. The predicted octanol–water partition coefficient (Wildman–Crippen LogP) is 2.62. The van der Waals surface area contributed by atoms with Gasteiger partial charge in [-0.25, -0.2) is 0 Å². The molecule has 3 heteroatoms. The number of hydrogen-bond donors (Lipinski definition) is 0. The van der Waals surface area contributed by atoms with E-state index < -0.39 is 0 Å². The third kappa shape index (κ3) is 1.66. The molecule has 0 heterocycles. The van der Waals surface area contributed by atoms with Gasteiger partial charge in [0.05, 0.1) is 24.1 Å². The summed E-state index contributed by atoms with van der Waals surface area (Å²) in [6.45, 7) is 0. The van der Waals surface area contributed by atoms with Crippen molar-refractivity contribution in [3.63, 3.8) is 0 Å². The van der Waals surface area contributed by atoms with Crippen LogP contribution in [0, 0.1) is 63.6 Å². The summed E-state index contributed by atoms with van der Waals surface area (Å²) in [7, 11) is 0. The predicted molar refractivity (Wildman–Crippen MR) is 57.4 cm³/mol. The van der Waals surface area contributed by atoms with Crippen LogP contribution in [0.1, 0.15) is 32.1 Å². The smallest absolute Gasteiger partial charge is 0.0661 e. The topological polar surface area (TPSA) is 71.4 Å². The molecule has 2 bridgehead atoms. The monoisotopic (exact) mass is 213 g/mol. The Morgan fingerprint density at radius 1 is 1.06 bits per heavy atom. The third-order valence-electron chi connectivity index (χ3n) is 4.40. The average Bonchev–Trinajstić information content (AvgIpc) is 2.83. The molecule has 2 saturated carbocycles. The lowest BCUT2D eigenvalue weighted by atomic mass is 9.72. The van der Waals surface area contributed by atoms with Crippen LogP contribution in [-0.4, -0.2) is 0 Å². The van der Waals surface area contributed by atoms with Crippen LogP contribution >= 0.6 is 0 Å². The van der Waals surface area contributed by atoms with Gasteiger partial charge in [0.15, 0.2) is 0 Å². The molecular formula is C13H15N3. The molecule has 0 aromatic carbocycles. The Balaban J connectivity index is 2.07. The van der Waals surface area contributed by atoms with Crippen LogP contribution in [0.25, 0.3) is 0 Å². The van der Waals surface area contributed by atoms with Crippen LogP contribution in [-0.2, 0) is 0 Å². The molecule has 2 rings (SSSR count). The van der Waals surface area contributed by atoms with Gasteiger partial charge in [-0.1, -0.05) is 0 Å². The lowest BCUT2D eigenvalue weighted by Gasteiger charge is -2.31. The van der Waals surface area contributed by atoms with Crippen LogP contribution in [0.3, 0.4) is 0 Å². The molecule has 3 nitrogen and oxygen atoms in total. The SMILES string of the molecule is N#CCCC1C(C#N)C2CC(CC#N)C1C2. The van der Waals surface area contributed by atoms with Gasteiger partial charge >= 0.3 is 0 Å². The minimum Gasteiger partial charge on any atom is -0.198 e. The molecule has 2 aliphatic carbocycles. The summed E-state index contributed by atoms with van der Waals surface area (Å²) in [5.41, 5.74) is 0. The molecule has 0 saturated heterocycles. The van der Waals surface area contributed by atoms with Crippen LogP contribution in [0.5, 0.6) is 0 Å². The number of hydrogen-bond acceptors (Lipinski definition) is 3. The van der Waals surface area contributed by atoms with Gasteiger partial charge in [-0.2, -0.15) is 15.8 Å². The zero-order valence-electron chi connectivity index (χ0n) is 9.26. The molecule has 0 N–H and O–H groups in total. The quantitative estimate of drug-likeness (QED) is 0.723. The van der Waals surface area contributed by atoms with E-state index >= 15 is 0 Å². The van der Waals surface area contributed by atoms with Crippen molar-refractivity contribution in [3.8, 4) is 18.2 Å².